The lowest BCUT2D eigenvalue weighted by atomic mass is 9.86. The molecule has 0 saturated heterocycles. The standard InChI is InChI=1S/C25H33N3O2S.HI/c1-2-26-24(27-16-17-31(29)19-20-10-4-3-5-11-20)28-22-18-25(14-8-9-15-25)30-23-13-7-6-12-21(22)23;/h3-7,10-13,22H,2,8-9,14-19H2,1H3,(H2,26,27,28);1H. The van der Waals surface area contributed by atoms with Crippen LogP contribution < -0.4 is 15.4 Å². The maximum absolute atomic E-state index is 12.5. The van der Waals surface area contributed by atoms with E-state index in [0.717, 1.165) is 43.1 Å². The van der Waals surface area contributed by atoms with Crippen LogP contribution in [0.3, 0.4) is 0 Å². The average molecular weight is 568 g/mol. The Balaban J connectivity index is 0.00000289. The molecule has 0 radical (unpaired) electrons. The van der Waals surface area contributed by atoms with Crippen LogP contribution in [0, 0.1) is 0 Å². The molecule has 2 atom stereocenters. The molecule has 5 nitrogen and oxygen atoms in total. The second kappa shape index (κ2) is 12.0. The fourth-order valence-electron chi connectivity index (χ4n) is 4.65. The number of rotatable bonds is 7. The lowest BCUT2D eigenvalue weighted by Crippen LogP contribution is -2.46. The van der Waals surface area contributed by atoms with E-state index in [-0.39, 0.29) is 35.6 Å². The van der Waals surface area contributed by atoms with Crippen molar-refractivity contribution in [2.75, 3.05) is 18.8 Å². The molecule has 1 spiro atoms. The van der Waals surface area contributed by atoms with Gasteiger partial charge in [-0.25, -0.2) is 0 Å². The van der Waals surface area contributed by atoms with E-state index in [0.29, 0.717) is 18.1 Å². The molecule has 2 aromatic rings. The third-order valence-corrected chi connectivity index (χ3v) is 7.42. The number of hydrogen-bond acceptors (Lipinski definition) is 3. The molecule has 4 rings (SSSR count). The van der Waals surface area contributed by atoms with Gasteiger partial charge in [0.05, 0.1) is 12.6 Å². The first-order valence-corrected chi connectivity index (χ1v) is 12.9. The first kappa shape index (κ1) is 25.0. The van der Waals surface area contributed by atoms with E-state index >= 15 is 0 Å². The Kier molecular flexibility index (Phi) is 9.40. The van der Waals surface area contributed by atoms with Crippen LogP contribution >= 0.6 is 24.0 Å². The van der Waals surface area contributed by atoms with Crippen molar-refractivity contribution < 1.29 is 8.95 Å². The van der Waals surface area contributed by atoms with Crippen LogP contribution in [0.15, 0.2) is 59.6 Å². The number of hydrogen-bond donors (Lipinski definition) is 2. The molecule has 0 amide bonds. The number of halogens is 1. The Morgan fingerprint density at radius 3 is 2.59 bits per heavy atom. The Bertz CT molecular complexity index is 916. The normalized spacial score (nSPS) is 20.0. The van der Waals surface area contributed by atoms with Crippen LogP contribution in [0.25, 0.3) is 0 Å². The SMILES string of the molecule is CCNC(=NCCS(=O)Cc1ccccc1)NC1CC2(CCCC2)Oc2ccccc21.I. The molecular formula is C25H34IN3O2S. The third kappa shape index (κ3) is 6.47. The van der Waals surface area contributed by atoms with Gasteiger partial charge < -0.3 is 15.4 Å². The summed E-state index contributed by atoms with van der Waals surface area (Å²) in [5.41, 5.74) is 2.24. The fraction of sp³-hybridized carbons (Fsp3) is 0.480. The highest BCUT2D eigenvalue weighted by Gasteiger charge is 2.43. The Labute approximate surface area is 211 Å². The van der Waals surface area contributed by atoms with Crippen LogP contribution in [-0.4, -0.2) is 34.6 Å². The maximum atomic E-state index is 12.5. The van der Waals surface area contributed by atoms with Crippen LogP contribution in [0.5, 0.6) is 5.75 Å². The molecular weight excluding hydrogens is 533 g/mol. The third-order valence-electron chi connectivity index (χ3n) is 6.13. The Morgan fingerprint density at radius 1 is 1.12 bits per heavy atom. The van der Waals surface area contributed by atoms with E-state index in [2.05, 4.69) is 35.8 Å². The molecule has 2 aromatic carbocycles. The molecule has 7 heteroatoms. The Hall–Kier alpha value is -1.61. The van der Waals surface area contributed by atoms with Crippen LogP contribution in [-0.2, 0) is 16.6 Å². The van der Waals surface area contributed by atoms with Crippen LogP contribution in [0.4, 0.5) is 0 Å². The largest absolute Gasteiger partial charge is 0.487 e. The number of ether oxygens (including phenoxy) is 1. The molecule has 0 aromatic heterocycles. The van der Waals surface area contributed by atoms with Crippen LogP contribution in [0.2, 0.25) is 0 Å². The monoisotopic (exact) mass is 567 g/mol. The van der Waals surface area contributed by atoms with Crippen molar-refractivity contribution in [3.05, 3.63) is 65.7 Å². The van der Waals surface area contributed by atoms with Gasteiger partial charge in [0.15, 0.2) is 5.96 Å². The minimum absolute atomic E-state index is 0. The molecule has 1 saturated carbocycles. The predicted octanol–water partition coefficient (Wildman–Crippen LogP) is 4.95. The highest BCUT2D eigenvalue weighted by molar-refractivity contribution is 14.0. The summed E-state index contributed by atoms with van der Waals surface area (Å²) in [6.07, 6.45) is 5.65. The minimum atomic E-state index is -0.924. The summed E-state index contributed by atoms with van der Waals surface area (Å²) >= 11 is 0. The zero-order chi connectivity index (χ0) is 21.5. The highest BCUT2D eigenvalue weighted by atomic mass is 127. The van der Waals surface area contributed by atoms with Gasteiger partial charge in [-0.2, -0.15) is 0 Å². The van der Waals surface area contributed by atoms with E-state index in [1.54, 1.807) is 0 Å². The second-order valence-corrected chi connectivity index (χ2v) is 10.0. The number of aliphatic imine (C=N–C) groups is 1. The summed E-state index contributed by atoms with van der Waals surface area (Å²) in [7, 11) is -0.924. The van der Waals surface area contributed by atoms with E-state index < -0.39 is 10.8 Å². The number of nitrogens with one attached hydrogen (secondary N) is 2. The summed E-state index contributed by atoms with van der Waals surface area (Å²) in [5.74, 6) is 2.91. The first-order valence-electron chi connectivity index (χ1n) is 11.4. The molecule has 1 aliphatic heterocycles. The van der Waals surface area contributed by atoms with Crippen molar-refractivity contribution in [1.82, 2.24) is 10.6 Å². The quantitative estimate of drug-likeness (QED) is 0.283. The van der Waals surface area contributed by atoms with Crippen LogP contribution in [0.1, 0.15) is 56.2 Å². The number of benzene rings is 2. The summed E-state index contributed by atoms with van der Waals surface area (Å²) in [5, 5.41) is 7.01. The van der Waals surface area contributed by atoms with Gasteiger partial charge in [0.2, 0.25) is 0 Å². The van der Waals surface area contributed by atoms with E-state index in [1.165, 1.54) is 18.4 Å². The molecule has 1 heterocycles. The number of nitrogens with zero attached hydrogens (tertiary/aromatic N) is 1. The minimum Gasteiger partial charge on any atom is -0.487 e. The summed E-state index contributed by atoms with van der Waals surface area (Å²) < 4.78 is 18.9. The van der Waals surface area contributed by atoms with Gasteiger partial charge in [-0.1, -0.05) is 48.5 Å². The van der Waals surface area contributed by atoms with Crippen molar-refractivity contribution in [3.63, 3.8) is 0 Å². The molecule has 2 unspecified atom stereocenters. The van der Waals surface area contributed by atoms with E-state index in [9.17, 15) is 4.21 Å². The van der Waals surface area contributed by atoms with Gasteiger partial charge in [-0.3, -0.25) is 9.20 Å². The van der Waals surface area contributed by atoms with Gasteiger partial charge in [0.1, 0.15) is 11.4 Å². The van der Waals surface area contributed by atoms with Gasteiger partial charge >= 0.3 is 0 Å². The lowest BCUT2D eigenvalue weighted by Gasteiger charge is -2.40. The van der Waals surface area contributed by atoms with Crippen molar-refractivity contribution in [2.24, 2.45) is 4.99 Å². The average Bonchev–Trinajstić information content (AvgIpc) is 3.21. The second-order valence-electron chi connectivity index (χ2n) is 8.47. The smallest absolute Gasteiger partial charge is 0.191 e. The van der Waals surface area contributed by atoms with Crippen molar-refractivity contribution in [2.45, 2.75) is 56.4 Å². The first-order chi connectivity index (χ1) is 15.2. The molecule has 0 bridgehead atoms. The fourth-order valence-corrected chi connectivity index (χ4v) is 5.65. The topological polar surface area (TPSA) is 62.7 Å². The molecule has 174 valence electrons. The zero-order valence-electron chi connectivity index (χ0n) is 18.7. The summed E-state index contributed by atoms with van der Waals surface area (Å²) in [6, 6.07) is 18.5. The lowest BCUT2D eigenvalue weighted by molar-refractivity contribution is 0.0396. The molecule has 1 fully saturated rings. The van der Waals surface area contributed by atoms with Gasteiger partial charge in [-0.15, -0.1) is 24.0 Å². The van der Waals surface area contributed by atoms with E-state index in [4.69, 9.17) is 9.73 Å². The zero-order valence-corrected chi connectivity index (χ0v) is 21.9. The Morgan fingerprint density at radius 2 is 1.84 bits per heavy atom. The molecule has 1 aliphatic carbocycles. The van der Waals surface area contributed by atoms with E-state index in [1.807, 2.05) is 36.4 Å². The van der Waals surface area contributed by atoms with Gasteiger partial charge in [-0.05, 0) is 44.2 Å². The van der Waals surface area contributed by atoms with Gasteiger partial charge in [0, 0.05) is 40.8 Å². The van der Waals surface area contributed by atoms with Crippen molar-refractivity contribution >= 4 is 40.7 Å². The molecule has 2 N–H and O–H groups in total. The predicted molar refractivity (Wildman–Crippen MR) is 143 cm³/mol. The number of guanidine groups is 1. The summed E-state index contributed by atoms with van der Waals surface area (Å²) in [4.78, 5) is 4.74. The summed E-state index contributed by atoms with van der Waals surface area (Å²) in [6.45, 7) is 3.39. The van der Waals surface area contributed by atoms with Crippen molar-refractivity contribution in [3.8, 4) is 5.75 Å². The number of para-hydroxylation sites is 1. The highest BCUT2D eigenvalue weighted by Crippen LogP contribution is 2.46. The number of fused-ring (bicyclic) bond motifs is 1. The molecule has 32 heavy (non-hydrogen) atoms. The maximum Gasteiger partial charge on any atom is 0.191 e. The van der Waals surface area contributed by atoms with Gasteiger partial charge in [0.25, 0.3) is 0 Å². The molecule has 2 aliphatic rings. The van der Waals surface area contributed by atoms with Crippen molar-refractivity contribution in [1.29, 1.82) is 0 Å².